The highest BCUT2D eigenvalue weighted by Gasteiger charge is 2.30. The summed E-state index contributed by atoms with van der Waals surface area (Å²) in [4.78, 5) is 23.2. The molecular formula is C14H17Cl2N3O6S. The van der Waals surface area contributed by atoms with Crippen molar-refractivity contribution in [3.05, 3.63) is 27.7 Å². The summed E-state index contributed by atoms with van der Waals surface area (Å²) >= 11 is 12.0. The van der Waals surface area contributed by atoms with Crippen molar-refractivity contribution in [2.24, 2.45) is 0 Å². The second kappa shape index (κ2) is 8.87. The fourth-order valence-electron chi connectivity index (χ4n) is 2.17. The summed E-state index contributed by atoms with van der Waals surface area (Å²) in [6.07, 6.45) is -0.868. The minimum Gasteiger partial charge on any atom is -0.449 e. The molecule has 9 nitrogen and oxygen atoms in total. The van der Waals surface area contributed by atoms with Gasteiger partial charge in [0, 0.05) is 13.1 Å². The van der Waals surface area contributed by atoms with Gasteiger partial charge in [0.2, 0.25) is 10.0 Å². The number of amides is 2. The van der Waals surface area contributed by atoms with Crippen LogP contribution in [0.15, 0.2) is 17.0 Å². The smallest absolute Gasteiger partial charge is 0.426 e. The summed E-state index contributed by atoms with van der Waals surface area (Å²) in [6, 6.07) is 2.23. The SMILES string of the molecule is CCOC(=O)NNC(=O)c1cc(S(=O)(=O)N2CCOCC2)c(Cl)cc1Cl. The lowest BCUT2D eigenvalue weighted by Gasteiger charge is -2.26. The number of benzene rings is 1. The number of sulfonamides is 1. The van der Waals surface area contributed by atoms with Gasteiger partial charge in [-0.1, -0.05) is 23.2 Å². The van der Waals surface area contributed by atoms with Crippen LogP contribution in [0.1, 0.15) is 17.3 Å². The molecule has 144 valence electrons. The molecule has 1 saturated heterocycles. The summed E-state index contributed by atoms with van der Waals surface area (Å²) in [5, 5.41) is -0.185. The van der Waals surface area contributed by atoms with Crippen LogP contribution in [0.5, 0.6) is 0 Å². The molecule has 0 aliphatic carbocycles. The van der Waals surface area contributed by atoms with Gasteiger partial charge in [-0.15, -0.1) is 0 Å². The predicted molar refractivity (Wildman–Crippen MR) is 93.7 cm³/mol. The summed E-state index contributed by atoms with van der Waals surface area (Å²) in [5.74, 6) is -0.821. The van der Waals surface area contributed by atoms with Crippen LogP contribution in [0.4, 0.5) is 4.79 Å². The molecule has 0 saturated carbocycles. The van der Waals surface area contributed by atoms with E-state index in [4.69, 9.17) is 27.9 Å². The normalized spacial score (nSPS) is 15.3. The maximum atomic E-state index is 12.8. The van der Waals surface area contributed by atoms with Crippen molar-refractivity contribution in [2.75, 3.05) is 32.9 Å². The van der Waals surface area contributed by atoms with E-state index in [0.717, 1.165) is 12.1 Å². The molecule has 0 spiro atoms. The lowest BCUT2D eigenvalue weighted by atomic mass is 10.2. The minimum absolute atomic E-state index is 0.0703. The van der Waals surface area contributed by atoms with E-state index in [1.807, 2.05) is 5.43 Å². The standard InChI is InChI=1S/C14H17Cl2N3O6S/c1-2-25-14(21)18-17-13(20)9-7-12(11(16)8-10(9)15)26(22,23)19-3-5-24-6-4-19/h7-8H,2-6H2,1H3,(H,17,20)(H,18,21). The Balaban J connectivity index is 2.28. The van der Waals surface area contributed by atoms with Gasteiger partial charge in [-0.05, 0) is 19.1 Å². The molecular weight excluding hydrogens is 409 g/mol. The number of morpholine rings is 1. The number of ether oxygens (including phenoxy) is 2. The highest BCUT2D eigenvalue weighted by atomic mass is 35.5. The Morgan fingerprint density at radius 1 is 1.19 bits per heavy atom. The van der Waals surface area contributed by atoms with Crippen LogP contribution in [-0.4, -0.2) is 57.6 Å². The number of carbonyl (C=O) groups is 2. The largest absolute Gasteiger partial charge is 0.449 e. The molecule has 26 heavy (non-hydrogen) atoms. The fraction of sp³-hybridized carbons (Fsp3) is 0.429. The maximum absolute atomic E-state index is 12.8. The van der Waals surface area contributed by atoms with Crippen molar-refractivity contribution in [1.29, 1.82) is 0 Å². The van der Waals surface area contributed by atoms with Crippen LogP contribution >= 0.6 is 23.2 Å². The molecule has 0 bridgehead atoms. The van der Waals surface area contributed by atoms with E-state index in [9.17, 15) is 18.0 Å². The van der Waals surface area contributed by atoms with E-state index in [1.165, 1.54) is 4.31 Å². The first-order chi connectivity index (χ1) is 12.3. The van der Waals surface area contributed by atoms with Gasteiger partial charge in [0.25, 0.3) is 5.91 Å². The van der Waals surface area contributed by atoms with Crippen molar-refractivity contribution in [1.82, 2.24) is 15.2 Å². The maximum Gasteiger partial charge on any atom is 0.426 e. The highest BCUT2D eigenvalue weighted by molar-refractivity contribution is 7.89. The second-order valence-electron chi connectivity index (χ2n) is 5.08. The van der Waals surface area contributed by atoms with E-state index < -0.39 is 22.0 Å². The van der Waals surface area contributed by atoms with Gasteiger partial charge in [-0.3, -0.25) is 10.2 Å². The first-order valence-electron chi connectivity index (χ1n) is 7.57. The Morgan fingerprint density at radius 2 is 1.85 bits per heavy atom. The van der Waals surface area contributed by atoms with Gasteiger partial charge in [-0.25, -0.2) is 18.6 Å². The molecule has 1 aliphatic heterocycles. The molecule has 1 aromatic rings. The average Bonchev–Trinajstić information content (AvgIpc) is 2.60. The number of nitrogens with zero attached hydrogens (tertiary/aromatic N) is 1. The van der Waals surface area contributed by atoms with Crippen LogP contribution < -0.4 is 10.9 Å². The van der Waals surface area contributed by atoms with Crippen LogP contribution in [0.3, 0.4) is 0 Å². The molecule has 0 radical (unpaired) electrons. The van der Waals surface area contributed by atoms with Crippen LogP contribution in [0.2, 0.25) is 10.0 Å². The third kappa shape index (κ3) is 4.77. The number of hydrazine groups is 1. The minimum atomic E-state index is -3.93. The highest BCUT2D eigenvalue weighted by Crippen LogP contribution is 2.31. The molecule has 12 heteroatoms. The second-order valence-corrected chi connectivity index (χ2v) is 7.80. The number of halogens is 2. The van der Waals surface area contributed by atoms with Crippen molar-refractivity contribution in [3.63, 3.8) is 0 Å². The van der Waals surface area contributed by atoms with Crippen molar-refractivity contribution in [3.8, 4) is 0 Å². The van der Waals surface area contributed by atoms with E-state index in [-0.39, 0.29) is 53.4 Å². The summed E-state index contributed by atoms with van der Waals surface area (Å²) in [5.41, 5.74) is 3.93. The van der Waals surface area contributed by atoms with Crippen LogP contribution in [0, 0.1) is 0 Å². The zero-order valence-electron chi connectivity index (χ0n) is 13.8. The number of nitrogens with one attached hydrogen (secondary N) is 2. The summed E-state index contributed by atoms with van der Waals surface area (Å²) in [7, 11) is -3.93. The van der Waals surface area contributed by atoms with Crippen LogP contribution in [-0.2, 0) is 19.5 Å². The molecule has 0 atom stereocenters. The Labute approximate surface area is 160 Å². The molecule has 1 aromatic carbocycles. The van der Waals surface area contributed by atoms with Gasteiger partial charge in [0.15, 0.2) is 0 Å². The quantitative estimate of drug-likeness (QED) is 0.704. The molecule has 0 unspecified atom stereocenters. The number of hydrogen-bond donors (Lipinski definition) is 2. The molecule has 1 fully saturated rings. The Morgan fingerprint density at radius 3 is 2.46 bits per heavy atom. The predicted octanol–water partition coefficient (Wildman–Crippen LogP) is 1.41. The number of carbonyl (C=O) groups excluding carboxylic acids is 2. The fourth-order valence-corrected chi connectivity index (χ4v) is 4.41. The zero-order valence-corrected chi connectivity index (χ0v) is 16.1. The first-order valence-corrected chi connectivity index (χ1v) is 9.77. The molecule has 2 amide bonds. The summed E-state index contributed by atoms with van der Waals surface area (Å²) in [6.45, 7) is 2.59. The van der Waals surface area contributed by atoms with E-state index in [2.05, 4.69) is 10.2 Å². The van der Waals surface area contributed by atoms with Gasteiger partial charge >= 0.3 is 6.09 Å². The molecule has 1 aliphatic rings. The van der Waals surface area contributed by atoms with Gasteiger partial charge in [-0.2, -0.15) is 4.31 Å². The lowest BCUT2D eigenvalue weighted by Crippen LogP contribution is -2.42. The third-order valence-corrected chi connectivity index (χ3v) is 6.08. The van der Waals surface area contributed by atoms with Gasteiger partial charge < -0.3 is 9.47 Å². The van der Waals surface area contributed by atoms with Crippen molar-refractivity contribution in [2.45, 2.75) is 11.8 Å². The van der Waals surface area contributed by atoms with Crippen molar-refractivity contribution >= 4 is 45.2 Å². The number of rotatable bonds is 4. The van der Waals surface area contributed by atoms with E-state index in [0.29, 0.717) is 0 Å². The lowest BCUT2D eigenvalue weighted by molar-refractivity contribution is 0.0730. The van der Waals surface area contributed by atoms with Crippen molar-refractivity contribution < 1.29 is 27.5 Å². The van der Waals surface area contributed by atoms with Crippen LogP contribution in [0.25, 0.3) is 0 Å². The Hall–Kier alpha value is -1.59. The molecule has 0 aromatic heterocycles. The Bertz CT molecular complexity index is 796. The first kappa shape index (κ1) is 20.7. The molecule has 2 rings (SSSR count). The summed E-state index contributed by atoms with van der Waals surface area (Å²) < 4.78 is 36.5. The van der Waals surface area contributed by atoms with Gasteiger partial charge in [0.05, 0.1) is 35.4 Å². The Kier molecular flexibility index (Phi) is 7.07. The number of hydrogen-bond acceptors (Lipinski definition) is 6. The topological polar surface area (TPSA) is 114 Å². The third-order valence-electron chi connectivity index (χ3n) is 3.41. The monoisotopic (exact) mass is 425 g/mol. The van der Waals surface area contributed by atoms with E-state index in [1.54, 1.807) is 6.92 Å². The molecule has 2 N–H and O–H groups in total. The molecule has 1 heterocycles. The van der Waals surface area contributed by atoms with Gasteiger partial charge in [0.1, 0.15) is 4.90 Å². The van der Waals surface area contributed by atoms with E-state index >= 15 is 0 Å². The average molecular weight is 426 g/mol. The zero-order chi connectivity index (χ0) is 19.3.